The van der Waals surface area contributed by atoms with Gasteiger partial charge in [-0.2, -0.15) is 9.36 Å². The third-order valence-electron chi connectivity index (χ3n) is 5.60. The van der Waals surface area contributed by atoms with Crippen molar-refractivity contribution in [3.8, 4) is 22.7 Å². The van der Waals surface area contributed by atoms with Crippen molar-refractivity contribution < 1.29 is 4.74 Å². The van der Waals surface area contributed by atoms with Crippen molar-refractivity contribution >= 4 is 0 Å². The minimum absolute atomic E-state index is 0.297. The van der Waals surface area contributed by atoms with E-state index in [9.17, 15) is 4.79 Å². The second kappa shape index (κ2) is 8.42. The normalized spacial score (nSPS) is 11.1. The standard InChI is InChI=1S/C25H27N5O2/c1-15-10-19(5)26-22(11-15)20-12-18(4)24(13-17(20)3)32-14-21-16(2)8-7-9-23(21)30-25(31)29(6)27-28-30/h7-13H,14H2,1-6H3. The van der Waals surface area contributed by atoms with Crippen LogP contribution in [0.4, 0.5) is 0 Å². The smallest absolute Gasteiger partial charge is 0.368 e. The molecule has 0 radical (unpaired) electrons. The van der Waals surface area contributed by atoms with Crippen molar-refractivity contribution in [2.24, 2.45) is 7.05 Å². The summed E-state index contributed by atoms with van der Waals surface area (Å²) in [7, 11) is 1.58. The van der Waals surface area contributed by atoms with Crippen molar-refractivity contribution in [1.29, 1.82) is 0 Å². The van der Waals surface area contributed by atoms with E-state index in [2.05, 4.69) is 48.5 Å². The van der Waals surface area contributed by atoms with Crippen LogP contribution in [0.2, 0.25) is 0 Å². The second-order valence-corrected chi connectivity index (χ2v) is 8.26. The fourth-order valence-corrected chi connectivity index (χ4v) is 3.89. The lowest BCUT2D eigenvalue weighted by atomic mass is 10.00. The highest BCUT2D eigenvalue weighted by atomic mass is 16.5. The molecule has 0 spiro atoms. The van der Waals surface area contributed by atoms with Gasteiger partial charge in [-0.05, 0) is 97.6 Å². The van der Waals surface area contributed by atoms with Gasteiger partial charge in [-0.3, -0.25) is 4.98 Å². The average molecular weight is 430 g/mol. The first-order chi connectivity index (χ1) is 15.2. The molecule has 4 rings (SSSR count). The highest BCUT2D eigenvalue weighted by molar-refractivity contribution is 5.67. The Morgan fingerprint density at radius 2 is 1.69 bits per heavy atom. The Bertz CT molecular complexity index is 1350. The molecule has 0 unspecified atom stereocenters. The number of nitrogens with zero attached hydrogens (tertiary/aromatic N) is 5. The van der Waals surface area contributed by atoms with E-state index in [1.807, 2.05) is 39.0 Å². The molecule has 2 aromatic heterocycles. The Morgan fingerprint density at radius 3 is 2.38 bits per heavy atom. The highest BCUT2D eigenvalue weighted by Gasteiger charge is 2.15. The molecule has 7 heteroatoms. The van der Waals surface area contributed by atoms with E-state index in [4.69, 9.17) is 9.72 Å². The lowest BCUT2D eigenvalue weighted by molar-refractivity contribution is 0.302. The van der Waals surface area contributed by atoms with Crippen LogP contribution in [0.15, 0.2) is 47.3 Å². The number of hydrogen-bond acceptors (Lipinski definition) is 5. The molecule has 0 bridgehead atoms. The maximum absolute atomic E-state index is 12.4. The maximum atomic E-state index is 12.4. The van der Waals surface area contributed by atoms with Crippen LogP contribution in [0.3, 0.4) is 0 Å². The largest absolute Gasteiger partial charge is 0.489 e. The summed E-state index contributed by atoms with van der Waals surface area (Å²) >= 11 is 0. The van der Waals surface area contributed by atoms with Crippen molar-refractivity contribution in [3.63, 3.8) is 0 Å². The topological polar surface area (TPSA) is 74.8 Å². The van der Waals surface area contributed by atoms with Gasteiger partial charge in [0.25, 0.3) is 0 Å². The van der Waals surface area contributed by atoms with Crippen LogP contribution < -0.4 is 10.4 Å². The van der Waals surface area contributed by atoms with E-state index in [1.54, 1.807) is 7.05 Å². The molecule has 2 aromatic carbocycles. The van der Waals surface area contributed by atoms with Gasteiger partial charge in [0.15, 0.2) is 0 Å². The minimum atomic E-state index is -0.297. The Balaban J connectivity index is 1.66. The third-order valence-corrected chi connectivity index (χ3v) is 5.60. The van der Waals surface area contributed by atoms with Gasteiger partial charge < -0.3 is 4.74 Å². The van der Waals surface area contributed by atoms with Gasteiger partial charge in [0.05, 0.1) is 11.4 Å². The molecule has 2 heterocycles. The average Bonchev–Trinajstić information content (AvgIpc) is 3.06. The summed E-state index contributed by atoms with van der Waals surface area (Å²) in [6.45, 7) is 10.5. The number of aryl methyl sites for hydroxylation is 6. The van der Waals surface area contributed by atoms with Crippen molar-refractivity contribution in [2.45, 2.75) is 41.2 Å². The van der Waals surface area contributed by atoms with Crippen LogP contribution in [0.25, 0.3) is 16.9 Å². The molecule has 0 fully saturated rings. The van der Waals surface area contributed by atoms with Crippen LogP contribution in [-0.4, -0.2) is 24.8 Å². The number of pyridine rings is 1. The zero-order chi connectivity index (χ0) is 23.0. The van der Waals surface area contributed by atoms with Gasteiger partial charge in [-0.1, -0.05) is 12.1 Å². The van der Waals surface area contributed by atoms with Crippen molar-refractivity contribution in [3.05, 3.63) is 86.5 Å². The fraction of sp³-hybridized carbons (Fsp3) is 0.280. The highest BCUT2D eigenvalue weighted by Crippen LogP contribution is 2.31. The Kier molecular flexibility index (Phi) is 5.65. The molecule has 0 aliphatic heterocycles. The van der Waals surface area contributed by atoms with Gasteiger partial charge in [0.2, 0.25) is 0 Å². The summed E-state index contributed by atoms with van der Waals surface area (Å²) in [4.78, 5) is 17.1. The number of benzene rings is 2. The van der Waals surface area contributed by atoms with E-state index in [0.717, 1.165) is 45.0 Å². The van der Waals surface area contributed by atoms with Crippen LogP contribution >= 0.6 is 0 Å². The summed E-state index contributed by atoms with van der Waals surface area (Å²) in [5.41, 5.74) is 8.68. The summed E-state index contributed by atoms with van der Waals surface area (Å²) in [5, 5.41) is 7.82. The maximum Gasteiger partial charge on any atom is 0.368 e. The van der Waals surface area contributed by atoms with Crippen LogP contribution in [0, 0.1) is 34.6 Å². The van der Waals surface area contributed by atoms with E-state index in [0.29, 0.717) is 12.3 Å². The number of aromatic nitrogens is 5. The SMILES string of the molecule is Cc1cc(C)nc(-c2cc(C)c(OCc3c(C)cccc3-n3nnn(C)c3=O)cc2C)c1. The van der Waals surface area contributed by atoms with Crippen molar-refractivity contribution in [2.75, 3.05) is 0 Å². The van der Waals surface area contributed by atoms with E-state index >= 15 is 0 Å². The van der Waals surface area contributed by atoms with Gasteiger partial charge in [-0.25, -0.2) is 4.79 Å². The number of ether oxygens (including phenoxy) is 1. The minimum Gasteiger partial charge on any atom is -0.489 e. The Labute approximate surface area is 187 Å². The van der Waals surface area contributed by atoms with Gasteiger partial charge >= 0.3 is 5.69 Å². The quantitative estimate of drug-likeness (QED) is 0.476. The van der Waals surface area contributed by atoms with Gasteiger partial charge in [0, 0.05) is 23.9 Å². The van der Waals surface area contributed by atoms with E-state index in [-0.39, 0.29) is 5.69 Å². The Hall–Kier alpha value is -3.74. The first kappa shape index (κ1) is 21.5. The predicted molar refractivity (Wildman–Crippen MR) is 124 cm³/mol. The molecule has 0 aliphatic carbocycles. The van der Waals surface area contributed by atoms with Gasteiger partial charge in [0.1, 0.15) is 12.4 Å². The molecule has 0 atom stereocenters. The first-order valence-corrected chi connectivity index (χ1v) is 10.5. The number of tetrazole rings is 1. The molecule has 0 saturated heterocycles. The predicted octanol–water partition coefficient (Wildman–Crippen LogP) is 4.15. The summed E-state index contributed by atoms with van der Waals surface area (Å²) in [6.07, 6.45) is 0. The van der Waals surface area contributed by atoms with Gasteiger partial charge in [-0.15, -0.1) is 0 Å². The summed E-state index contributed by atoms with van der Waals surface area (Å²) in [5.74, 6) is 0.802. The molecular weight excluding hydrogens is 402 g/mol. The van der Waals surface area contributed by atoms with Crippen LogP contribution in [-0.2, 0) is 13.7 Å². The van der Waals surface area contributed by atoms with Crippen LogP contribution in [0.1, 0.15) is 33.5 Å². The van der Waals surface area contributed by atoms with E-state index < -0.39 is 0 Å². The second-order valence-electron chi connectivity index (χ2n) is 8.26. The molecule has 0 amide bonds. The fourth-order valence-electron chi connectivity index (χ4n) is 3.89. The molecule has 164 valence electrons. The molecule has 4 aromatic rings. The van der Waals surface area contributed by atoms with Crippen molar-refractivity contribution in [1.82, 2.24) is 24.8 Å². The molecule has 7 nitrogen and oxygen atoms in total. The monoisotopic (exact) mass is 429 g/mol. The lowest BCUT2D eigenvalue weighted by Gasteiger charge is -2.16. The Morgan fingerprint density at radius 1 is 0.906 bits per heavy atom. The number of hydrogen-bond donors (Lipinski definition) is 0. The summed E-state index contributed by atoms with van der Waals surface area (Å²) in [6, 6.07) is 14.1. The third kappa shape index (κ3) is 4.06. The van der Waals surface area contributed by atoms with Crippen LogP contribution in [0.5, 0.6) is 5.75 Å². The first-order valence-electron chi connectivity index (χ1n) is 10.5. The summed E-state index contributed by atoms with van der Waals surface area (Å²) < 4.78 is 8.75. The molecule has 0 N–H and O–H groups in total. The number of rotatable bonds is 5. The zero-order valence-corrected chi connectivity index (χ0v) is 19.3. The molecule has 0 saturated carbocycles. The zero-order valence-electron chi connectivity index (χ0n) is 19.3. The van der Waals surface area contributed by atoms with E-state index in [1.165, 1.54) is 14.9 Å². The molecule has 32 heavy (non-hydrogen) atoms. The molecular formula is C25H27N5O2. The lowest BCUT2D eigenvalue weighted by Crippen LogP contribution is -2.23. The molecule has 0 aliphatic rings.